The Kier molecular flexibility index (Phi) is 6.44. The van der Waals surface area contributed by atoms with Gasteiger partial charge in [-0.2, -0.15) is 0 Å². The first-order valence-electron chi connectivity index (χ1n) is 10.5. The molecule has 1 N–H and O–H groups in total. The highest BCUT2D eigenvalue weighted by atomic mass is 19.1. The standard InChI is InChI=1S/C25H24FN3O4/c1-3-33-25(31)22-14-21-20(12-13-28(21)19-10-8-18(26)9-11-19)29(22)16-24(30)27-15-17-6-4-5-7-23(17)32-2/h4-14H,3,15-16H2,1-2H3,(H,27,30). The lowest BCUT2D eigenvalue weighted by molar-refractivity contribution is -0.121. The molecular formula is C25H24FN3O4. The van der Waals surface area contributed by atoms with Crippen molar-refractivity contribution in [2.45, 2.75) is 20.0 Å². The second kappa shape index (κ2) is 9.60. The van der Waals surface area contributed by atoms with Crippen LogP contribution in [-0.2, 0) is 22.6 Å². The number of amides is 1. The van der Waals surface area contributed by atoms with Crippen LogP contribution in [0.25, 0.3) is 16.7 Å². The molecule has 2 aromatic carbocycles. The molecule has 8 heteroatoms. The lowest BCUT2D eigenvalue weighted by atomic mass is 10.2. The van der Waals surface area contributed by atoms with Crippen molar-refractivity contribution in [3.05, 3.63) is 83.9 Å². The Morgan fingerprint density at radius 2 is 1.79 bits per heavy atom. The molecule has 2 heterocycles. The molecule has 0 aliphatic heterocycles. The zero-order valence-corrected chi connectivity index (χ0v) is 18.4. The SMILES string of the molecule is CCOC(=O)c1cc2c(ccn2-c2ccc(F)cc2)n1CC(=O)NCc1ccccc1OC. The number of rotatable bonds is 8. The molecule has 2 aromatic heterocycles. The average molecular weight is 449 g/mol. The topological polar surface area (TPSA) is 74.5 Å². The third-order valence-corrected chi connectivity index (χ3v) is 5.32. The average Bonchev–Trinajstić information content (AvgIpc) is 3.39. The van der Waals surface area contributed by atoms with Crippen molar-refractivity contribution in [1.29, 1.82) is 0 Å². The van der Waals surface area contributed by atoms with Crippen LogP contribution < -0.4 is 10.1 Å². The number of fused-ring (bicyclic) bond motifs is 1. The molecule has 0 atom stereocenters. The van der Waals surface area contributed by atoms with Crippen LogP contribution >= 0.6 is 0 Å². The van der Waals surface area contributed by atoms with E-state index in [9.17, 15) is 14.0 Å². The zero-order chi connectivity index (χ0) is 23.4. The van der Waals surface area contributed by atoms with Crippen molar-refractivity contribution < 1.29 is 23.5 Å². The molecule has 4 rings (SSSR count). The Morgan fingerprint density at radius 3 is 2.52 bits per heavy atom. The third kappa shape index (κ3) is 4.59. The van der Waals surface area contributed by atoms with Gasteiger partial charge in [0.05, 0.1) is 24.8 Å². The van der Waals surface area contributed by atoms with Crippen LogP contribution in [0.3, 0.4) is 0 Å². The monoisotopic (exact) mass is 449 g/mol. The van der Waals surface area contributed by atoms with Gasteiger partial charge in [0.15, 0.2) is 0 Å². The number of nitrogens with zero attached hydrogens (tertiary/aromatic N) is 2. The van der Waals surface area contributed by atoms with Crippen molar-refractivity contribution >= 4 is 22.9 Å². The molecule has 7 nitrogen and oxygen atoms in total. The van der Waals surface area contributed by atoms with Gasteiger partial charge in [-0.15, -0.1) is 0 Å². The van der Waals surface area contributed by atoms with Crippen molar-refractivity contribution in [2.75, 3.05) is 13.7 Å². The minimum Gasteiger partial charge on any atom is -0.496 e. The third-order valence-electron chi connectivity index (χ3n) is 5.32. The number of para-hydroxylation sites is 1. The second-order valence-corrected chi connectivity index (χ2v) is 7.36. The van der Waals surface area contributed by atoms with E-state index in [0.29, 0.717) is 23.3 Å². The lowest BCUT2D eigenvalue weighted by Crippen LogP contribution is -2.28. The highest BCUT2D eigenvalue weighted by molar-refractivity contribution is 5.96. The molecule has 1 amide bonds. The maximum absolute atomic E-state index is 13.4. The number of hydrogen-bond acceptors (Lipinski definition) is 4. The fourth-order valence-corrected chi connectivity index (χ4v) is 3.76. The van der Waals surface area contributed by atoms with Crippen LogP contribution in [0, 0.1) is 5.82 Å². The first-order valence-corrected chi connectivity index (χ1v) is 10.5. The highest BCUT2D eigenvalue weighted by Gasteiger charge is 2.21. The molecule has 0 unspecified atom stereocenters. The van der Waals surface area contributed by atoms with Gasteiger partial charge in [-0.1, -0.05) is 18.2 Å². The Morgan fingerprint density at radius 1 is 1.03 bits per heavy atom. The van der Waals surface area contributed by atoms with Gasteiger partial charge in [0, 0.05) is 24.0 Å². The van der Waals surface area contributed by atoms with Crippen molar-refractivity contribution in [2.24, 2.45) is 0 Å². The number of aromatic nitrogens is 2. The molecular weight excluding hydrogens is 425 g/mol. The van der Waals surface area contributed by atoms with E-state index in [1.54, 1.807) is 36.8 Å². The van der Waals surface area contributed by atoms with Crippen molar-refractivity contribution in [3.63, 3.8) is 0 Å². The van der Waals surface area contributed by atoms with E-state index in [-0.39, 0.29) is 30.6 Å². The molecule has 0 saturated carbocycles. The molecule has 0 fully saturated rings. The Balaban J connectivity index is 1.63. The van der Waals surface area contributed by atoms with E-state index in [1.165, 1.54) is 12.1 Å². The molecule has 0 radical (unpaired) electrons. The normalized spacial score (nSPS) is 10.9. The fraction of sp³-hybridized carbons (Fsp3) is 0.200. The van der Waals surface area contributed by atoms with Gasteiger partial charge in [0.1, 0.15) is 23.8 Å². The molecule has 0 aliphatic carbocycles. The fourth-order valence-electron chi connectivity index (χ4n) is 3.76. The number of esters is 1. The summed E-state index contributed by atoms with van der Waals surface area (Å²) in [6.07, 6.45) is 1.82. The molecule has 33 heavy (non-hydrogen) atoms. The Bertz CT molecular complexity index is 1290. The first kappa shape index (κ1) is 22.1. The van der Waals surface area contributed by atoms with Crippen LogP contribution in [0.5, 0.6) is 5.75 Å². The maximum Gasteiger partial charge on any atom is 0.355 e. The van der Waals surface area contributed by atoms with Crippen LogP contribution in [0.1, 0.15) is 23.0 Å². The van der Waals surface area contributed by atoms with Crippen molar-refractivity contribution in [1.82, 2.24) is 14.5 Å². The number of carbonyl (C=O) groups is 2. The predicted octanol–water partition coefficient (Wildman–Crippen LogP) is 4.07. The first-order chi connectivity index (χ1) is 16.0. The van der Waals surface area contributed by atoms with Gasteiger partial charge >= 0.3 is 5.97 Å². The quantitative estimate of drug-likeness (QED) is 0.412. The summed E-state index contributed by atoms with van der Waals surface area (Å²) in [4.78, 5) is 25.4. The summed E-state index contributed by atoms with van der Waals surface area (Å²) in [5.41, 5.74) is 3.25. The number of hydrogen-bond donors (Lipinski definition) is 1. The number of carbonyl (C=O) groups excluding carboxylic acids is 2. The summed E-state index contributed by atoms with van der Waals surface area (Å²) < 4.78 is 27.4. The van der Waals surface area contributed by atoms with Crippen LogP contribution in [-0.4, -0.2) is 34.7 Å². The van der Waals surface area contributed by atoms with Gasteiger partial charge in [0.2, 0.25) is 5.91 Å². The molecule has 170 valence electrons. The predicted molar refractivity (Wildman–Crippen MR) is 122 cm³/mol. The molecule has 4 aromatic rings. The van der Waals surface area contributed by atoms with Crippen LogP contribution in [0.4, 0.5) is 4.39 Å². The number of nitrogens with one attached hydrogen (secondary N) is 1. The second-order valence-electron chi connectivity index (χ2n) is 7.36. The number of halogens is 1. The minimum atomic E-state index is -0.517. The molecule has 0 spiro atoms. The van der Waals surface area contributed by atoms with E-state index in [0.717, 1.165) is 11.3 Å². The molecule has 0 bridgehead atoms. The number of benzene rings is 2. The van der Waals surface area contributed by atoms with E-state index >= 15 is 0 Å². The number of methoxy groups -OCH3 is 1. The largest absolute Gasteiger partial charge is 0.496 e. The van der Waals surface area contributed by atoms with Gasteiger partial charge < -0.3 is 23.9 Å². The van der Waals surface area contributed by atoms with Gasteiger partial charge in [-0.25, -0.2) is 9.18 Å². The van der Waals surface area contributed by atoms with Gasteiger partial charge in [-0.05, 0) is 49.4 Å². The van der Waals surface area contributed by atoms with E-state index in [1.807, 2.05) is 41.1 Å². The summed E-state index contributed by atoms with van der Waals surface area (Å²) in [5.74, 6) is -0.432. The maximum atomic E-state index is 13.4. The van der Waals surface area contributed by atoms with Crippen molar-refractivity contribution in [3.8, 4) is 11.4 Å². The van der Waals surface area contributed by atoms with E-state index in [4.69, 9.17) is 9.47 Å². The van der Waals surface area contributed by atoms with Crippen LogP contribution in [0.2, 0.25) is 0 Å². The van der Waals surface area contributed by atoms with E-state index < -0.39 is 5.97 Å². The smallest absolute Gasteiger partial charge is 0.355 e. The summed E-state index contributed by atoms with van der Waals surface area (Å²) in [6.45, 7) is 2.16. The highest BCUT2D eigenvalue weighted by Crippen LogP contribution is 2.26. The Hall–Kier alpha value is -4.07. The zero-order valence-electron chi connectivity index (χ0n) is 18.4. The molecule has 0 aliphatic rings. The van der Waals surface area contributed by atoms with Gasteiger partial charge in [-0.3, -0.25) is 4.79 Å². The summed E-state index contributed by atoms with van der Waals surface area (Å²) in [7, 11) is 1.58. The summed E-state index contributed by atoms with van der Waals surface area (Å²) in [6, 6.07) is 17.0. The van der Waals surface area contributed by atoms with Crippen LogP contribution in [0.15, 0.2) is 66.9 Å². The minimum absolute atomic E-state index is 0.0692. The lowest BCUT2D eigenvalue weighted by Gasteiger charge is -2.12. The van der Waals surface area contributed by atoms with Gasteiger partial charge in [0.25, 0.3) is 0 Å². The Labute approximate surface area is 190 Å². The number of ether oxygens (including phenoxy) is 2. The van der Waals surface area contributed by atoms with E-state index in [2.05, 4.69) is 5.32 Å². The summed E-state index contributed by atoms with van der Waals surface area (Å²) in [5, 5.41) is 2.88. The summed E-state index contributed by atoms with van der Waals surface area (Å²) >= 11 is 0. The molecule has 0 saturated heterocycles.